The van der Waals surface area contributed by atoms with Crippen LogP contribution in [-0.2, 0) is 5.75 Å². The molecule has 2 aromatic heterocycles. The van der Waals surface area contributed by atoms with Crippen LogP contribution in [0.5, 0.6) is 11.6 Å². The number of thioether (sulfide) groups is 1. The quantitative estimate of drug-likeness (QED) is 0.204. The minimum atomic E-state index is -0.0914. The lowest BCUT2D eigenvalue weighted by Gasteiger charge is -2.27. The van der Waals surface area contributed by atoms with E-state index in [4.69, 9.17) is 31.2 Å². The lowest BCUT2D eigenvalue weighted by molar-refractivity contribution is 0.113. The number of hydrogen-bond acceptors (Lipinski definition) is 9. The van der Waals surface area contributed by atoms with Gasteiger partial charge in [0.25, 0.3) is 0 Å². The molecule has 0 radical (unpaired) electrons. The van der Waals surface area contributed by atoms with Gasteiger partial charge in [-0.25, -0.2) is 9.97 Å². The van der Waals surface area contributed by atoms with E-state index in [0.717, 1.165) is 35.5 Å². The summed E-state index contributed by atoms with van der Waals surface area (Å²) in [6, 6.07) is 19.2. The predicted octanol–water partition coefficient (Wildman–Crippen LogP) is 6.86. The second kappa shape index (κ2) is 12.5. The molecule has 1 aliphatic rings. The number of nitrogens with zero attached hydrogens (tertiary/aromatic N) is 4. The van der Waals surface area contributed by atoms with E-state index in [2.05, 4.69) is 17.1 Å². The van der Waals surface area contributed by atoms with Gasteiger partial charge in [0.1, 0.15) is 46.2 Å². The molecule has 2 heterocycles. The number of thiazole rings is 1. The first-order valence-electron chi connectivity index (χ1n) is 12.3. The first-order chi connectivity index (χ1) is 19.1. The van der Waals surface area contributed by atoms with E-state index in [1.54, 1.807) is 35.6 Å². The van der Waals surface area contributed by atoms with E-state index in [0.29, 0.717) is 38.2 Å². The maximum Gasteiger partial charge on any atom is 0.233 e. The maximum absolute atomic E-state index is 10.2. The van der Waals surface area contributed by atoms with Gasteiger partial charge in [0.05, 0.1) is 17.9 Å². The number of hydrogen-bond donors (Lipinski definition) is 1. The summed E-state index contributed by atoms with van der Waals surface area (Å²) in [5, 5.41) is 33.4. The molecule has 4 aromatic rings. The molecule has 0 atom stereocenters. The van der Waals surface area contributed by atoms with Gasteiger partial charge in [0.15, 0.2) is 0 Å². The molecular weight excluding hydrogens is 552 g/mol. The molecule has 1 fully saturated rings. The number of nitriles is 2. The molecule has 1 aliphatic carbocycles. The smallest absolute Gasteiger partial charge is 0.233 e. The zero-order valence-corrected chi connectivity index (χ0v) is 23.2. The van der Waals surface area contributed by atoms with E-state index >= 15 is 0 Å². The van der Waals surface area contributed by atoms with Crippen molar-refractivity contribution in [2.45, 2.75) is 36.1 Å². The van der Waals surface area contributed by atoms with Crippen molar-refractivity contribution >= 4 is 34.7 Å². The average Bonchev–Trinajstić information content (AvgIpc) is 3.42. The summed E-state index contributed by atoms with van der Waals surface area (Å²) in [4.78, 5) is 9.43. The maximum atomic E-state index is 10.2. The minimum Gasteiger partial charge on any atom is -0.491 e. The standard InChI is InChI=1S/C29H23ClN4O3S2/c30-20-8-4-19(5-9-20)28-33-21(16-38-28)17-39-29-25(15-32)26(18-6-10-22(11-7-18)36-13-12-35)24(14-31)27(34-29)37-23-2-1-3-23/h4-11,16,23,35H,1-3,12-13,17H2. The third-order valence-electron chi connectivity index (χ3n) is 6.19. The number of pyridine rings is 1. The lowest BCUT2D eigenvalue weighted by atomic mass is 9.95. The molecule has 0 unspecified atom stereocenters. The number of ether oxygens (including phenoxy) is 2. The van der Waals surface area contributed by atoms with Crippen LogP contribution in [-0.4, -0.2) is 34.4 Å². The van der Waals surface area contributed by atoms with Crippen LogP contribution < -0.4 is 9.47 Å². The minimum absolute atomic E-state index is 0.0120. The van der Waals surface area contributed by atoms with Gasteiger partial charge in [0.2, 0.25) is 5.88 Å². The highest BCUT2D eigenvalue weighted by Crippen LogP contribution is 2.40. The van der Waals surface area contributed by atoms with E-state index in [-0.39, 0.29) is 30.8 Å². The molecule has 0 amide bonds. The topological polar surface area (TPSA) is 112 Å². The fourth-order valence-corrected chi connectivity index (χ4v) is 5.93. The van der Waals surface area contributed by atoms with Crippen LogP contribution in [0.25, 0.3) is 21.7 Å². The van der Waals surface area contributed by atoms with Gasteiger partial charge in [-0.1, -0.05) is 47.6 Å². The summed E-state index contributed by atoms with van der Waals surface area (Å²) >= 11 is 8.95. The Bertz CT molecular complexity index is 1540. The fourth-order valence-electron chi connectivity index (χ4n) is 4.00. The number of halogens is 1. The van der Waals surface area contributed by atoms with Crippen molar-refractivity contribution in [1.29, 1.82) is 10.5 Å². The van der Waals surface area contributed by atoms with Gasteiger partial charge in [0, 0.05) is 27.3 Å². The van der Waals surface area contributed by atoms with Crippen LogP contribution in [0.3, 0.4) is 0 Å². The summed E-state index contributed by atoms with van der Waals surface area (Å²) < 4.78 is 11.6. The van der Waals surface area contributed by atoms with Gasteiger partial charge >= 0.3 is 0 Å². The molecule has 0 aliphatic heterocycles. The van der Waals surface area contributed by atoms with Crippen LogP contribution in [0.1, 0.15) is 36.1 Å². The first kappa shape index (κ1) is 27.0. The van der Waals surface area contributed by atoms with Crippen LogP contribution in [0, 0.1) is 22.7 Å². The first-order valence-corrected chi connectivity index (χ1v) is 14.6. The summed E-state index contributed by atoms with van der Waals surface area (Å²) in [5.41, 5.74) is 3.57. The Morgan fingerprint density at radius 2 is 1.72 bits per heavy atom. The van der Waals surface area contributed by atoms with Crippen molar-refractivity contribution in [2.24, 2.45) is 0 Å². The van der Waals surface area contributed by atoms with Crippen molar-refractivity contribution < 1.29 is 14.6 Å². The Balaban J connectivity index is 1.48. The lowest BCUT2D eigenvalue weighted by Crippen LogP contribution is -2.25. The molecule has 39 heavy (non-hydrogen) atoms. The molecule has 0 bridgehead atoms. The zero-order valence-electron chi connectivity index (χ0n) is 20.8. The molecule has 7 nitrogen and oxygen atoms in total. The number of aliphatic hydroxyl groups is 1. The fraction of sp³-hybridized carbons (Fsp3) is 0.241. The summed E-state index contributed by atoms with van der Waals surface area (Å²) in [7, 11) is 0. The van der Waals surface area contributed by atoms with E-state index in [9.17, 15) is 10.5 Å². The number of aliphatic hydroxyl groups excluding tert-OH is 1. The van der Waals surface area contributed by atoms with Crippen molar-refractivity contribution in [3.8, 4) is 45.5 Å². The Morgan fingerprint density at radius 1 is 1.00 bits per heavy atom. The van der Waals surface area contributed by atoms with Crippen LogP contribution in [0.15, 0.2) is 58.9 Å². The molecule has 1 N–H and O–H groups in total. The second-order valence-electron chi connectivity index (χ2n) is 8.78. The monoisotopic (exact) mass is 574 g/mol. The number of benzene rings is 2. The van der Waals surface area contributed by atoms with Crippen LogP contribution in [0.2, 0.25) is 5.02 Å². The highest BCUT2D eigenvalue weighted by molar-refractivity contribution is 7.98. The third-order valence-corrected chi connectivity index (χ3v) is 8.39. The zero-order chi connectivity index (χ0) is 27.2. The third kappa shape index (κ3) is 6.19. The van der Waals surface area contributed by atoms with Crippen molar-refractivity contribution in [3.05, 3.63) is 75.8 Å². The van der Waals surface area contributed by atoms with Gasteiger partial charge in [-0.3, -0.25) is 0 Å². The molecule has 196 valence electrons. The van der Waals surface area contributed by atoms with Crippen LogP contribution >= 0.6 is 34.7 Å². The van der Waals surface area contributed by atoms with Gasteiger partial charge in [-0.15, -0.1) is 11.3 Å². The molecular formula is C29H23ClN4O3S2. The van der Waals surface area contributed by atoms with Gasteiger partial charge < -0.3 is 14.6 Å². The molecule has 10 heteroatoms. The molecule has 1 saturated carbocycles. The molecule has 2 aromatic carbocycles. The van der Waals surface area contributed by atoms with Crippen molar-refractivity contribution in [1.82, 2.24) is 9.97 Å². The van der Waals surface area contributed by atoms with Crippen LogP contribution in [0.4, 0.5) is 0 Å². The van der Waals surface area contributed by atoms with E-state index < -0.39 is 0 Å². The average molecular weight is 575 g/mol. The SMILES string of the molecule is N#Cc1c(OC2CCC2)nc(SCc2csc(-c3ccc(Cl)cc3)n2)c(C#N)c1-c1ccc(OCCO)cc1. The summed E-state index contributed by atoms with van der Waals surface area (Å²) in [6.45, 7) is 0.0872. The Morgan fingerprint density at radius 3 is 2.36 bits per heavy atom. The Kier molecular flexibility index (Phi) is 8.65. The van der Waals surface area contributed by atoms with Gasteiger partial charge in [-0.05, 0) is 49.1 Å². The summed E-state index contributed by atoms with van der Waals surface area (Å²) in [6.07, 6.45) is 2.91. The summed E-state index contributed by atoms with van der Waals surface area (Å²) in [5.74, 6) is 1.33. The molecule has 5 rings (SSSR count). The molecule has 0 spiro atoms. The van der Waals surface area contributed by atoms with Crippen molar-refractivity contribution in [2.75, 3.05) is 13.2 Å². The molecule has 0 saturated heterocycles. The second-order valence-corrected chi connectivity index (χ2v) is 11.0. The van der Waals surface area contributed by atoms with E-state index in [1.165, 1.54) is 11.8 Å². The normalized spacial score (nSPS) is 12.8. The van der Waals surface area contributed by atoms with Gasteiger partial charge in [-0.2, -0.15) is 10.5 Å². The Hall–Kier alpha value is -3.60. The largest absolute Gasteiger partial charge is 0.491 e. The predicted molar refractivity (Wildman–Crippen MR) is 152 cm³/mol. The highest BCUT2D eigenvalue weighted by Gasteiger charge is 2.27. The van der Waals surface area contributed by atoms with E-state index in [1.807, 2.05) is 29.6 Å². The number of aromatic nitrogens is 2. The van der Waals surface area contributed by atoms with Crippen molar-refractivity contribution in [3.63, 3.8) is 0 Å². The Labute approximate surface area is 239 Å². The number of rotatable bonds is 10. The highest BCUT2D eigenvalue weighted by atomic mass is 35.5.